The lowest BCUT2D eigenvalue weighted by atomic mass is 9.85. The van der Waals surface area contributed by atoms with Gasteiger partial charge in [0.05, 0.1) is 0 Å². The minimum Gasteiger partial charge on any atom is -0.327 e. The number of nitrogens with zero attached hydrogens (tertiary/aromatic N) is 1. The number of hydrogen-bond donors (Lipinski definition) is 2. The zero-order valence-electron chi connectivity index (χ0n) is 11.4. The smallest absolute Gasteiger partial charge is 0.107 e. The van der Waals surface area contributed by atoms with E-state index in [1.807, 2.05) is 6.20 Å². The van der Waals surface area contributed by atoms with Crippen LogP contribution >= 0.6 is 11.3 Å². The van der Waals surface area contributed by atoms with Crippen molar-refractivity contribution in [1.29, 1.82) is 0 Å². The highest BCUT2D eigenvalue weighted by Gasteiger charge is 2.19. The lowest BCUT2D eigenvalue weighted by Gasteiger charge is -2.26. The fourth-order valence-corrected chi connectivity index (χ4v) is 2.31. The Hall–Kier alpha value is -0.450. The molecule has 0 fully saturated rings. The highest BCUT2D eigenvalue weighted by Crippen LogP contribution is 2.19. The van der Waals surface area contributed by atoms with Crippen molar-refractivity contribution in [3.8, 4) is 0 Å². The number of thiazole rings is 1. The summed E-state index contributed by atoms with van der Waals surface area (Å²) in [6, 6.07) is 0.248. The fraction of sp³-hybridized carbons (Fsp3) is 0.769. The van der Waals surface area contributed by atoms with Gasteiger partial charge in [-0.15, -0.1) is 11.3 Å². The Morgan fingerprint density at radius 1 is 1.47 bits per heavy atom. The summed E-state index contributed by atoms with van der Waals surface area (Å²) < 4.78 is 0. The summed E-state index contributed by atoms with van der Waals surface area (Å²) in [5, 5.41) is 4.58. The van der Waals surface area contributed by atoms with Gasteiger partial charge in [0.1, 0.15) is 5.01 Å². The van der Waals surface area contributed by atoms with Crippen molar-refractivity contribution in [2.24, 2.45) is 11.1 Å². The summed E-state index contributed by atoms with van der Waals surface area (Å²) in [7, 11) is 0. The van der Waals surface area contributed by atoms with Crippen LogP contribution in [0.2, 0.25) is 0 Å². The second-order valence-corrected chi connectivity index (χ2v) is 6.71. The van der Waals surface area contributed by atoms with E-state index in [4.69, 9.17) is 5.73 Å². The predicted octanol–water partition coefficient (Wildman–Crippen LogP) is 2.56. The largest absolute Gasteiger partial charge is 0.327 e. The van der Waals surface area contributed by atoms with E-state index in [9.17, 15) is 0 Å². The van der Waals surface area contributed by atoms with Crippen LogP contribution in [0.15, 0.2) is 6.20 Å². The van der Waals surface area contributed by atoms with Crippen molar-refractivity contribution in [3.63, 3.8) is 0 Å². The first kappa shape index (κ1) is 14.6. The molecule has 1 atom stereocenters. The van der Waals surface area contributed by atoms with E-state index in [-0.39, 0.29) is 11.5 Å². The van der Waals surface area contributed by atoms with Crippen LogP contribution < -0.4 is 11.1 Å². The van der Waals surface area contributed by atoms with E-state index in [1.165, 1.54) is 9.88 Å². The lowest BCUT2D eigenvalue weighted by molar-refractivity contribution is 0.302. The number of rotatable bonds is 6. The van der Waals surface area contributed by atoms with Gasteiger partial charge in [0.25, 0.3) is 0 Å². The summed E-state index contributed by atoms with van der Waals surface area (Å²) >= 11 is 1.79. The molecular formula is C13H25N3S. The Morgan fingerprint density at radius 2 is 2.18 bits per heavy atom. The molecule has 1 unspecified atom stereocenters. The molecule has 1 aromatic heterocycles. The van der Waals surface area contributed by atoms with Crippen LogP contribution in [0.1, 0.15) is 44.0 Å². The van der Waals surface area contributed by atoms with Gasteiger partial charge in [0, 0.05) is 23.7 Å². The first-order chi connectivity index (χ1) is 7.93. The zero-order chi connectivity index (χ0) is 12.9. The Kier molecular flexibility index (Phi) is 5.56. The normalized spacial score (nSPS) is 13.9. The second kappa shape index (κ2) is 6.47. The molecule has 3 nitrogen and oxygen atoms in total. The average Bonchev–Trinajstić information content (AvgIpc) is 2.70. The van der Waals surface area contributed by atoms with Gasteiger partial charge in [0.2, 0.25) is 0 Å². The van der Waals surface area contributed by atoms with Crippen molar-refractivity contribution in [2.45, 2.75) is 53.1 Å². The quantitative estimate of drug-likeness (QED) is 0.768. The number of nitrogens with one attached hydrogen (secondary N) is 1. The van der Waals surface area contributed by atoms with E-state index in [0.29, 0.717) is 0 Å². The van der Waals surface area contributed by atoms with Gasteiger partial charge >= 0.3 is 0 Å². The molecule has 0 spiro atoms. The molecule has 3 N–H and O–H groups in total. The molecule has 0 amide bonds. The standard InChI is InChI=1S/C13H25N3S/c1-5-10-8-16-12(17-10)9-15-7-6-11(14)13(2,3)4/h8,11,15H,5-7,9,14H2,1-4H3. The lowest BCUT2D eigenvalue weighted by Crippen LogP contribution is -2.37. The monoisotopic (exact) mass is 255 g/mol. The van der Waals surface area contributed by atoms with Crippen LogP contribution in [-0.2, 0) is 13.0 Å². The minimum absolute atomic E-state index is 0.193. The van der Waals surface area contributed by atoms with E-state index < -0.39 is 0 Å². The molecule has 0 radical (unpaired) electrons. The van der Waals surface area contributed by atoms with Gasteiger partial charge in [-0.1, -0.05) is 27.7 Å². The zero-order valence-corrected chi connectivity index (χ0v) is 12.2. The summed E-state index contributed by atoms with van der Waals surface area (Å²) in [4.78, 5) is 5.73. The summed E-state index contributed by atoms with van der Waals surface area (Å²) in [5.74, 6) is 0. The van der Waals surface area contributed by atoms with Crippen molar-refractivity contribution >= 4 is 11.3 Å². The van der Waals surface area contributed by atoms with Crippen molar-refractivity contribution < 1.29 is 0 Å². The van der Waals surface area contributed by atoms with Crippen LogP contribution in [0.25, 0.3) is 0 Å². The van der Waals surface area contributed by atoms with Crippen molar-refractivity contribution in [1.82, 2.24) is 10.3 Å². The molecule has 0 aromatic carbocycles. The van der Waals surface area contributed by atoms with Gasteiger partial charge < -0.3 is 11.1 Å². The van der Waals surface area contributed by atoms with Gasteiger partial charge in [-0.3, -0.25) is 0 Å². The topological polar surface area (TPSA) is 50.9 Å². The van der Waals surface area contributed by atoms with Gasteiger partial charge in [-0.2, -0.15) is 0 Å². The Morgan fingerprint density at radius 3 is 2.71 bits per heavy atom. The third-order valence-corrected chi connectivity index (χ3v) is 4.11. The maximum Gasteiger partial charge on any atom is 0.107 e. The van der Waals surface area contributed by atoms with Crippen LogP contribution in [0.5, 0.6) is 0 Å². The van der Waals surface area contributed by atoms with E-state index in [1.54, 1.807) is 11.3 Å². The molecule has 1 rings (SSSR count). The predicted molar refractivity (Wildman–Crippen MR) is 75.2 cm³/mol. The van der Waals surface area contributed by atoms with Gasteiger partial charge in [-0.05, 0) is 24.8 Å². The molecule has 0 aliphatic rings. The maximum atomic E-state index is 6.10. The summed E-state index contributed by atoms with van der Waals surface area (Å²) in [6.07, 6.45) is 4.06. The van der Waals surface area contributed by atoms with Crippen molar-refractivity contribution in [3.05, 3.63) is 16.1 Å². The van der Waals surface area contributed by atoms with E-state index in [0.717, 1.165) is 25.9 Å². The Labute approximate surface area is 109 Å². The van der Waals surface area contributed by atoms with Crippen LogP contribution in [0.3, 0.4) is 0 Å². The maximum absolute atomic E-state index is 6.10. The molecule has 0 saturated carbocycles. The number of nitrogens with two attached hydrogens (primary N) is 1. The Bertz CT molecular complexity index is 328. The van der Waals surface area contributed by atoms with Crippen LogP contribution in [-0.4, -0.2) is 17.6 Å². The molecule has 4 heteroatoms. The number of aryl methyl sites for hydroxylation is 1. The molecule has 1 heterocycles. The van der Waals surface area contributed by atoms with E-state index >= 15 is 0 Å². The molecule has 1 aromatic rings. The van der Waals surface area contributed by atoms with Gasteiger partial charge in [0.15, 0.2) is 0 Å². The van der Waals surface area contributed by atoms with Crippen molar-refractivity contribution in [2.75, 3.05) is 6.54 Å². The first-order valence-corrected chi connectivity index (χ1v) is 7.15. The Balaban J connectivity index is 2.20. The molecule has 0 aliphatic carbocycles. The third kappa shape index (κ3) is 5.15. The SMILES string of the molecule is CCc1cnc(CNCCC(N)C(C)(C)C)s1. The number of hydrogen-bond acceptors (Lipinski definition) is 4. The second-order valence-electron chi connectivity index (χ2n) is 5.51. The van der Waals surface area contributed by atoms with E-state index in [2.05, 4.69) is 38.0 Å². The summed E-state index contributed by atoms with van der Waals surface area (Å²) in [6.45, 7) is 10.5. The van der Waals surface area contributed by atoms with Gasteiger partial charge in [-0.25, -0.2) is 4.98 Å². The molecular weight excluding hydrogens is 230 g/mol. The van der Waals surface area contributed by atoms with Crippen LogP contribution in [0.4, 0.5) is 0 Å². The summed E-state index contributed by atoms with van der Waals surface area (Å²) in [5.41, 5.74) is 6.30. The molecule has 17 heavy (non-hydrogen) atoms. The first-order valence-electron chi connectivity index (χ1n) is 6.33. The highest BCUT2D eigenvalue weighted by molar-refractivity contribution is 7.11. The third-order valence-electron chi connectivity index (χ3n) is 2.97. The molecule has 0 bridgehead atoms. The number of aromatic nitrogens is 1. The average molecular weight is 255 g/mol. The van der Waals surface area contributed by atoms with Crippen LogP contribution in [0, 0.1) is 5.41 Å². The fourth-order valence-electron chi connectivity index (χ4n) is 1.48. The molecule has 0 saturated heterocycles. The highest BCUT2D eigenvalue weighted by atomic mass is 32.1. The molecule has 98 valence electrons. The minimum atomic E-state index is 0.193. The molecule has 0 aliphatic heterocycles.